The van der Waals surface area contributed by atoms with Gasteiger partial charge < -0.3 is 5.32 Å². The Kier molecular flexibility index (Phi) is 3.28. The number of anilines is 1. The van der Waals surface area contributed by atoms with Gasteiger partial charge in [0.1, 0.15) is 17.2 Å². The van der Waals surface area contributed by atoms with Crippen molar-refractivity contribution in [2.24, 2.45) is 0 Å². The summed E-state index contributed by atoms with van der Waals surface area (Å²) >= 11 is 1.57. The number of hydrogen-bond donors (Lipinski definition) is 2. The van der Waals surface area contributed by atoms with E-state index in [4.69, 9.17) is 0 Å². The molecule has 0 aliphatic carbocycles. The van der Waals surface area contributed by atoms with Gasteiger partial charge in [0, 0.05) is 18.9 Å². The van der Waals surface area contributed by atoms with Gasteiger partial charge in [-0.2, -0.15) is 5.10 Å². The molecule has 6 nitrogen and oxygen atoms in total. The molecule has 0 fully saturated rings. The normalized spacial score (nSPS) is 10.8. The van der Waals surface area contributed by atoms with E-state index in [0.29, 0.717) is 6.54 Å². The second kappa shape index (κ2) is 5.23. The van der Waals surface area contributed by atoms with Gasteiger partial charge in [-0.25, -0.2) is 9.97 Å². The second-order valence-electron chi connectivity index (χ2n) is 3.89. The summed E-state index contributed by atoms with van der Waals surface area (Å²) in [4.78, 5) is 12.5. The minimum absolute atomic E-state index is 0.666. The van der Waals surface area contributed by atoms with Gasteiger partial charge in [-0.1, -0.05) is 6.07 Å². The van der Waals surface area contributed by atoms with Crippen LogP contribution in [0.2, 0.25) is 0 Å². The van der Waals surface area contributed by atoms with Gasteiger partial charge in [-0.05, 0) is 17.9 Å². The summed E-state index contributed by atoms with van der Waals surface area (Å²) < 4.78 is 0. The molecule has 0 aliphatic rings. The molecule has 0 unspecified atom stereocenters. The van der Waals surface area contributed by atoms with Gasteiger partial charge in [0.15, 0.2) is 5.65 Å². The fourth-order valence-electron chi connectivity index (χ4n) is 1.80. The topological polar surface area (TPSA) is 79.4 Å². The second-order valence-corrected chi connectivity index (χ2v) is 4.69. The van der Waals surface area contributed by atoms with Crippen molar-refractivity contribution in [1.29, 1.82) is 0 Å². The van der Waals surface area contributed by atoms with Crippen molar-refractivity contribution in [2.75, 3.05) is 11.6 Å². The predicted molar refractivity (Wildman–Crippen MR) is 75.0 cm³/mol. The van der Waals surface area contributed by atoms with Gasteiger partial charge >= 0.3 is 0 Å². The average Bonchev–Trinajstić information content (AvgIpc) is 2.90. The Bertz CT molecular complexity index is 681. The number of pyridine rings is 1. The van der Waals surface area contributed by atoms with Crippen LogP contribution in [0.15, 0.2) is 35.9 Å². The molecule has 2 N–H and O–H groups in total. The first kappa shape index (κ1) is 11.9. The zero-order valence-electron chi connectivity index (χ0n) is 10.3. The molecule has 3 rings (SSSR count). The zero-order valence-corrected chi connectivity index (χ0v) is 11.1. The molecular weight excluding hydrogens is 260 g/mol. The summed E-state index contributed by atoms with van der Waals surface area (Å²) in [5.74, 6) is 0.784. The standard InChI is InChI=1S/C12H12N6S/c1-19-12-9-10(15-7-16-11(9)17-18-12)14-6-8-3-2-4-13-5-8/h2-5,7H,6H2,1H3,(H2,14,15,16,17,18). The fourth-order valence-corrected chi connectivity index (χ4v) is 2.34. The Morgan fingerprint density at radius 3 is 3.11 bits per heavy atom. The number of aromatic amines is 1. The van der Waals surface area contributed by atoms with Crippen LogP contribution in [0.4, 0.5) is 5.82 Å². The Hall–Kier alpha value is -2.15. The van der Waals surface area contributed by atoms with Crippen LogP contribution in [0, 0.1) is 0 Å². The van der Waals surface area contributed by atoms with Crippen LogP contribution < -0.4 is 5.32 Å². The molecule has 0 amide bonds. The minimum atomic E-state index is 0.666. The Labute approximate surface area is 114 Å². The van der Waals surface area contributed by atoms with E-state index in [9.17, 15) is 0 Å². The molecule has 0 atom stereocenters. The SMILES string of the molecule is CSc1n[nH]c2ncnc(NCc3cccnc3)c12. The van der Waals surface area contributed by atoms with E-state index in [1.165, 1.54) is 6.33 Å². The monoisotopic (exact) mass is 272 g/mol. The molecule has 0 spiro atoms. The van der Waals surface area contributed by atoms with E-state index in [0.717, 1.165) is 27.4 Å². The minimum Gasteiger partial charge on any atom is -0.365 e. The molecule has 19 heavy (non-hydrogen) atoms. The van der Waals surface area contributed by atoms with E-state index < -0.39 is 0 Å². The van der Waals surface area contributed by atoms with Gasteiger partial charge in [-0.3, -0.25) is 10.1 Å². The molecule has 0 aliphatic heterocycles. The van der Waals surface area contributed by atoms with Crippen LogP contribution in [0.25, 0.3) is 11.0 Å². The molecule has 96 valence electrons. The molecule has 3 aromatic heterocycles. The smallest absolute Gasteiger partial charge is 0.161 e. The van der Waals surface area contributed by atoms with Crippen LogP contribution in [-0.2, 0) is 6.54 Å². The number of H-pyrrole nitrogens is 1. The summed E-state index contributed by atoms with van der Waals surface area (Å²) in [6, 6.07) is 3.93. The van der Waals surface area contributed by atoms with Crippen molar-refractivity contribution in [3.8, 4) is 0 Å². The van der Waals surface area contributed by atoms with Gasteiger partial charge in [0.2, 0.25) is 0 Å². The average molecular weight is 272 g/mol. The molecule has 7 heteroatoms. The van der Waals surface area contributed by atoms with Crippen LogP contribution in [0.1, 0.15) is 5.56 Å². The first-order chi connectivity index (χ1) is 9.38. The van der Waals surface area contributed by atoms with E-state index in [2.05, 4.69) is 30.5 Å². The van der Waals surface area contributed by atoms with Crippen molar-refractivity contribution in [3.63, 3.8) is 0 Å². The fraction of sp³-hybridized carbons (Fsp3) is 0.167. The van der Waals surface area contributed by atoms with Crippen LogP contribution in [-0.4, -0.2) is 31.4 Å². The number of aromatic nitrogens is 5. The van der Waals surface area contributed by atoms with Crippen LogP contribution in [0.5, 0.6) is 0 Å². The number of rotatable bonds is 4. The number of fused-ring (bicyclic) bond motifs is 1. The lowest BCUT2D eigenvalue weighted by atomic mass is 10.3. The summed E-state index contributed by atoms with van der Waals surface area (Å²) in [6.07, 6.45) is 7.09. The molecule has 0 bridgehead atoms. The predicted octanol–water partition coefficient (Wildman–Crippen LogP) is 2.08. The van der Waals surface area contributed by atoms with Crippen molar-refractivity contribution in [3.05, 3.63) is 36.4 Å². The summed E-state index contributed by atoms with van der Waals surface area (Å²) in [5.41, 5.74) is 1.84. The third-order valence-electron chi connectivity index (χ3n) is 2.70. The van der Waals surface area contributed by atoms with Crippen LogP contribution in [0.3, 0.4) is 0 Å². The highest BCUT2D eigenvalue weighted by molar-refractivity contribution is 7.98. The molecule has 3 heterocycles. The summed E-state index contributed by atoms with van der Waals surface area (Å²) in [7, 11) is 0. The highest BCUT2D eigenvalue weighted by Crippen LogP contribution is 2.27. The maximum absolute atomic E-state index is 4.29. The van der Waals surface area contributed by atoms with E-state index in [1.807, 2.05) is 24.6 Å². The highest BCUT2D eigenvalue weighted by atomic mass is 32.2. The Morgan fingerprint density at radius 2 is 2.32 bits per heavy atom. The first-order valence-electron chi connectivity index (χ1n) is 5.74. The number of hydrogen-bond acceptors (Lipinski definition) is 6. The van der Waals surface area contributed by atoms with Crippen LogP contribution >= 0.6 is 11.8 Å². The van der Waals surface area contributed by atoms with Crippen molar-refractivity contribution in [2.45, 2.75) is 11.6 Å². The van der Waals surface area contributed by atoms with Gasteiger partial charge in [0.25, 0.3) is 0 Å². The van der Waals surface area contributed by atoms with E-state index in [-0.39, 0.29) is 0 Å². The maximum Gasteiger partial charge on any atom is 0.161 e. The largest absolute Gasteiger partial charge is 0.365 e. The molecular formula is C12H12N6S. The van der Waals surface area contributed by atoms with Crippen molar-refractivity contribution >= 4 is 28.6 Å². The van der Waals surface area contributed by atoms with Gasteiger partial charge in [-0.15, -0.1) is 11.8 Å². The molecule has 0 saturated carbocycles. The van der Waals surface area contributed by atoms with Crippen molar-refractivity contribution < 1.29 is 0 Å². The Morgan fingerprint density at radius 1 is 1.37 bits per heavy atom. The third-order valence-corrected chi connectivity index (χ3v) is 3.38. The quantitative estimate of drug-likeness (QED) is 0.708. The molecule has 3 aromatic rings. The summed E-state index contributed by atoms with van der Waals surface area (Å²) in [5, 5.41) is 12.2. The number of nitrogens with zero attached hydrogens (tertiary/aromatic N) is 4. The molecule has 0 saturated heterocycles. The van der Waals surface area contributed by atoms with Gasteiger partial charge in [0.05, 0.1) is 5.39 Å². The lowest BCUT2D eigenvalue weighted by Gasteiger charge is -2.06. The van der Waals surface area contributed by atoms with E-state index in [1.54, 1.807) is 18.0 Å². The zero-order chi connectivity index (χ0) is 13.1. The van der Waals surface area contributed by atoms with E-state index >= 15 is 0 Å². The number of thioether (sulfide) groups is 1. The Balaban J connectivity index is 1.90. The summed E-state index contributed by atoms with van der Waals surface area (Å²) in [6.45, 7) is 0.666. The lowest BCUT2D eigenvalue weighted by molar-refractivity contribution is 1.02. The molecule has 0 radical (unpaired) electrons. The van der Waals surface area contributed by atoms with Crippen molar-refractivity contribution in [1.82, 2.24) is 25.1 Å². The number of nitrogens with one attached hydrogen (secondary N) is 2. The molecule has 0 aromatic carbocycles. The lowest BCUT2D eigenvalue weighted by Crippen LogP contribution is -2.02. The first-order valence-corrected chi connectivity index (χ1v) is 6.97. The highest BCUT2D eigenvalue weighted by Gasteiger charge is 2.11. The maximum atomic E-state index is 4.29. The third kappa shape index (κ3) is 2.37.